The first-order valence-electron chi connectivity index (χ1n) is 7.68. The zero-order valence-electron chi connectivity index (χ0n) is 13.2. The molecule has 3 aromatic rings. The number of benzene rings is 2. The molecule has 0 atom stereocenters. The van der Waals surface area contributed by atoms with Gasteiger partial charge in [-0.25, -0.2) is 9.78 Å². The van der Waals surface area contributed by atoms with Crippen LogP contribution in [0.15, 0.2) is 30.3 Å². The largest absolute Gasteiger partial charge is 0.465 e. The fourth-order valence-corrected chi connectivity index (χ4v) is 4.12. The van der Waals surface area contributed by atoms with Gasteiger partial charge in [0.1, 0.15) is 0 Å². The molecule has 25 heavy (non-hydrogen) atoms. The Bertz CT molecular complexity index is 1050. The van der Waals surface area contributed by atoms with Crippen molar-refractivity contribution in [1.82, 2.24) is 4.98 Å². The van der Waals surface area contributed by atoms with E-state index >= 15 is 0 Å². The number of hydrogen-bond donors (Lipinski definition) is 0. The molecule has 4 rings (SSSR count). The zero-order valence-corrected chi connectivity index (χ0v) is 15.5. The van der Waals surface area contributed by atoms with E-state index in [2.05, 4.69) is 0 Å². The van der Waals surface area contributed by atoms with Crippen LogP contribution in [0.5, 0.6) is 0 Å². The minimum Gasteiger partial charge on any atom is -0.465 e. The number of carbonyl (C=O) groups is 1. The Balaban J connectivity index is 2.14. The Morgan fingerprint density at radius 3 is 2.64 bits per heavy atom. The third-order valence-corrected chi connectivity index (χ3v) is 5.21. The summed E-state index contributed by atoms with van der Waals surface area (Å²) in [6.07, 6.45) is 1.44. The Kier molecular flexibility index (Phi) is 4.11. The average Bonchev–Trinajstić information content (AvgIpc) is 2.59. The number of aryl methyl sites for hydroxylation is 1. The summed E-state index contributed by atoms with van der Waals surface area (Å²) in [4.78, 5) is 17.3. The Hall–Kier alpha value is -1.81. The Morgan fingerprint density at radius 2 is 1.88 bits per heavy atom. The van der Waals surface area contributed by atoms with Crippen LogP contribution in [-0.2, 0) is 17.6 Å². The van der Waals surface area contributed by atoms with E-state index in [0.29, 0.717) is 38.0 Å². The van der Waals surface area contributed by atoms with Crippen LogP contribution >= 0.6 is 34.8 Å². The number of halogens is 3. The van der Waals surface area contributed by atoms with E-state index in [0.717, 1.165) is 28.8 Å². The fraction of sp³-hybridized carbons (Fsp3) is 0.158. The van der Waals surface area contributed by atoms with Crippen LogP contribution in [0, 0.1) is 0 Å². The Morgan fingerprint density at radius 1 is 1.08 bits per heavy atom. The Labute approximate surface area is 159 Å². The van der Waals surface area contributed by atoms with Gasteiger partial charge in [0.2, 0.25) is 0 Å². The van der Waals surface area contributed by atoms with Crippen LogP contribution in [0.4, 0.5) is 0 Å². The number of carbonyl (C=O) groups excluding carboxylic acids is 1. The van der Waals surface area contributed by atoms with Crippen LogP contribution in [0.1, 0.15) is 21.5 Å². The standard InChI is InChI=1S/C19H12Cl3NO2/c1-25-19(24)16-13-4-2-9-6-10(20)3-5-12(9)17(13)23-18-14(16)7-11(21)8-15(18)22/h3,5-8H,2,4H2,1H3. The summed E-state index contributed by atoms with van der Waals surface area (Å²) < 4.78 is 5.02. The molecule has 1 aromatic heterocycles. The summed E-state index contributed by atoms with van der Waals surface area (Å²) in [5, 5.41) is 2.14. The number of hydrogen-bond acceptors (Lipinski definition) is 3. The van der Waals surface area contributed by atoms with E-state index in [9.17, 15) is 4.79 Å². The van der Waals surface area contributed by atoms with Crippen molar-refractivity contribution in [2.45, 2.75) is 12.8 Å². The summed E-state index contributed by atoms with van der Waals surface area (Å²) in [6, 6.07) is 9.02. The maximum absolute atomic E-state index is 12.5. The first kappa shape index (κ1) is 16.6. The van der Waals surface area contributed by atoms with E-state index in [-0.39, 0.29) is 0 Å². The second-order valence-electron chi connectivity index (χ2n) is 5.89. The summed E-state index contributed by atoms with van der Waals surface area (Å²) in [5.41, 5.74) is 4.68. The van der Waals surface area contributed by atoms with Crippen molar-refractivity contribution >= 4 is 51.7 Å². The number of nitrogens with zero attached hydrogens (tertiary/aromatic N) is 1. The molecule has 0 unspecified atom stereocenters. The summed E-state index contributed by atoms with van der Waals surface area (Å²) in [7, 11) is 1.36. The van der Waals surface area contributed by atoms with Crippen molar-refractivity contribution in [2.24, 2.45) is 0 Å². The summed E-state index contributed by atoms with van der Waals surface area (Å²) in [5.74, 6) is -0.417. The lowest BCUT2D eigenvalue weighted by Crippen LogP contribution is -2.14. The predicted molar refractivity (Wildman–Crippen MR) is 101 cm³/mol. The molecule has 0 fully saturated rings. The maximum Gasteiger partial charge on any atom is 0.338 e. The van der Waals surface area contributed by atoms with Crippen LogP contribution in [0.2, 0.25) is 15.1 Å². The van der Waals surface area contributed by atoms with E-state index in [4.69, 9.17) is 44.5 Å². The highest BCUT2D eigenvalue weighted by molar-refractivity contribution is 6.39. The van der Waals surface area contributed by atoms with Crippen molar-refractivity contribution in [3.05, 3.63) is 62.1 Å². The quantitative estimate of drug-likeness (QED) is 0.495. The zero-order chi connectivity index (χ0) is 17.7. The number of pyridine rings is 1. The predicted octanol–water partition coefficient (Wildman–Crippen LogP) is 5.75. The molecule has 1 aliphatic rings. The van der Waals surface area contributed by atoms with E-state index in [1.54, 1.807) is 12.1 Å². The lowest BCUT2D eigenvalue weighted by atomic mass is 9.85. The first-order chi connectivity index (χ1) is 12.0. The molecule has 0 saturated carbocycles. The number of rotatable bonds is 1. The highest BCUT2D eigenvalue weighted by atomic mass is 35.5. The van der Waals surface area contributed by atoms with E-state index in [1.807, 2.05) is 18.2 Å². The molecule has 3 nitrogen and oxygen atoms in total. The van der Waals surface area contributed by atoms with Gasteiger partial charge in [-0.2, -0.15) is 0 Å². The van der Waals surface area contributed by atoms with Gasteiger partial charge in [-0.15, -0.1) is 0 Å². The highest BCUT2D eigenvalue weighted by Crippen LogP contribution is 2.40. The van der Waals surface area contributed by atoms with Gasteiger partial charge in [-0.1, -0.05) is 40.9 Å². The molecule has 126 valence electrons. The molecule has 0 radical (unpaired) electrons. The van der Waals surface area contributed by atoms with Crippen LogP contribution < -0.4 is 0 Å². The van der Waals surface area contributed by atoms with E-state index < -0.39 is 5.97 Å². The van der Waals surface area contributed by atoms with Gasteiger partial charge in [0.05, 0.1) is 28.9 Å². The molecule has 0 N–H and O–H groups in total. The molecule has 0 saturated heterocycles. The average molecular weight is 393 g/mol. The van der Waals surface area contributed by atoms with Crippen LogP contribution in [0.25, 0.3) is 22.2 Å². The lowest BCUT2D eigenvalue weighted by Gasteiger charge is -2.23. The van der Waals surface area contributed by atoms with Gasteiger partial charge in [-0.05, 0) is 48.2 Å². The number of methoxy groups -OCH3 is 1. The topological polar surface area (TPSA) is 39.2 Å². The van der Waals surface area contributed by atoms with Gasteiger partial charge < -0.3 is 4.74 Å². The molecule has 0 bridgehead atoms. The molecule has 1 heterocycles. The van der Waals surface area contributed by atoms with E-state index in [1.165, 1.54) is 7.11 Å². The molecular weight excluding hydrogens is 381 g/mol. The summed E-state index contributed by atoms with van der Waals surface area (Å²) in [6.45, 7) is 0. The normalized spacial score (nSPS) is 12.6. The molecule has 2 aromatic carbocycles. The van der Waals surface area contributed by atoms with Gasteiger partial charge in [0, 0.05) is 21.0 Å². The second kappa shape index (κ2) is 6.17. The first-order valence-corrected chi connectivity index (χ1v) is 8.81. The van der Waals surface area contributed by atoms with Crippen LogP contribution in [-0.4, -0.2) is 18.1 Å². The van der Waals surface area contributed by atoms with Crippen molar-refractivity contribution in [1.29, 1.82) is 0 Å². The molecule has 6 heteroatoms. The third-order valence-electron chi connectivity index (χ3n) is 4.47. The maximum atomic E-state index is 12.5. The minimum absolute atomic E-state index is 0.400. The summed E-state index contributed by atoms with van der Waals surface area (Å²) >= 11 is 18.6. The second-order valence-corrected chi connectivity index (χ2v) is 7.17. The lowest BCUT2D eigenvalue weighted by molar-refractivity contribution is 0.0601. The van der Waals surface area contributed by atoms with Crippen molar-refractivity contribution in [3.63, 3.8) is 0 Å². The number of ether oxygens (including phenoxy) is 1. The molecule has 1 aliphatic carbocycles. The number of fused-ring (bicyclic) bond motifs is 4. The van der Waals surface area contributed by atoms with Gasteiger partial charge in [-0.3, -0.25) is 0 Å². The van der Waals surface area contributed by atoms with Gasteiger partial charge in [0.15, 0.2) is 0 Å². The minimum atomic E-state index is -0.417. The number of aromatic nitrogens is 1. The fourth-order valence-electron chi connectivity index (χ4n) is 3.39. The van der Waals surface area contributed by atoms with Gasteiger partial charge >= 0.3 is 5.97 Å². The monoisotopic (exact) mass is 391 g/mol. The SMILES string of the molecule is COC(=O)c1c2c(nc3c(Cl)cc(Cl)cc13)-c1ccc(Cl)cc1CC2. The van der Waals surface area contributed by atoms with Crippen molar-refractivity contribution in [3.8, 4) is 11.3 Å². The number of esters is 1. The molecule has 0 amide bonds. The van der Waals surface area contributed by atoms with Crippen molar-refractivity contribution < 1.29 is 9.53 Å². The van der Waals surface area contributed by atoms with Crippen LogP contribution in [0.3, 0.4) is 0 Å². The smallest absolute Gasteiger partial charge is 0.338 e. The molecular formula is C19H12Cl3NO2. The molecule has 0 aliphatic heterocycles. The molecule has 0 spiro atoms. The van der Waals surface area contributed by atoms with Gasteiger partial charge in [0.25, 0.3) is 0 Å². The highest BCUT2D eigenvalue weighted by Gasteiger charge is 2.27. The van der Waals surface area contributed by atoms with Crippen molar-refractivity contribution in [2.75, 3.05) is 7.11 Å². The third kappa shape index (κ3) is 2.67.